The summed E-state index contributed by atoms with van der Waals surface area (Å²) in [5, 5.41) is 14.5. The quantitative estimate of drug-likeness (QED) is 0.735. The lowest BCUT2D eigenvalue weighted by Crippen LogP contribution is -2.43. The van der Waals surface area contributed by atoms with E-state index in [0.29, 0.717) is 18.8 Å². The van der Waals surface area contributed by atoms with E-state index in [1.165, 1.54) is 0 Å². The highest BCUT2D eigenvalue weighted by Gasteiger charge is 2.21. The van der Waals surface area contributed by atoms with Crippen LogP contribution in [-0.2, 0) is 0 Å². The number of anilines is 2. The van der Waals surface area contributed by atoms with E-state index in [0.717, 1.165) is 20.9 Å². The summed E-state index contributed by atoms with van der Waals surface area (Å²) in [5.74, 6) is 0. The van der Waals surface area contributed by atoms with Gasteiger partial charge in [-0.25, -0.2) is 4.98 Å². The van der Waals surface area contributed by atoms with Gasteiger partial charge in [0.15, 0.2) is 0 Å². The fraction of sp³-hybridized carbons (Fsp3) is 0.500. The van der Waals surface area contributed by atoms with Gasteiger partial charge in [0.25, 0.3) is 0 Å². The maximum atomic E-state index is 10.3. The largest absolute Gasteiger partial charge is 0.397 e. The Kier molecular flexibility index (Phi) is 4.17. The lowest BCUT2D eigenvalue weighted by molar-refractivity contribution is 0.0460. The molecule has 0 aliphatic heterocycles. The van der Waals surface area contributed by atoms with Gasteiger partial charge in [-0.3, -0.25) is 0 Å². The Labute approximate surface area is 123 Å². The first kappa shape index (κ1) is 15.0. The molecule has 4 N–H and O–H groups in total. The lowest BCUT2D eigenvalue weighted by atomic mass is 10.1. The summed E-state index contributed by atoms with van der Waals surface area (Å²) in [4.78, 5) is 6.42. The molecule has 0 aliphatic carbocycles. The first-order chi connectivity index (χ1) is 9.27. The van der Waals surface area contributed by atoms with E-state index in [1.807, 2.05) is 45.0 Å². The van der Waals surface area contributed by atoms with Crippen LogP contribution in [0.2, 0.25) is 0 Å². The predicted molar refractivity (Wildman–Crippen MR) is 86.4 cm³/mol. The average Bonchev–Trinajstić information content (AvgIpc) is 2.63. The van der Waals surface area contributed by atoms with Gasteiger partial charge in [-0.05, 0) is 40.1 Å². The van der Waals surface area contributed by atoms with Gasteiger partial charge >= 0.3 is 0 Å². The zero-order valence-electron chi connectivity index (χ0n) is 12.4. The summed E-state index contributed by atoms with van der Waals surface area (Å²) in [7, 11) is 3.87. The second-order valence-corrected chi connectivity index (χ2v) is 6.96. The number of nitrogen functional groups attached to an aromatic ring is 1. The van der Waals surface area contributed by atoms with E-state index in [-0.39, 0.29) is 0 Å². The first-order valence-electron chi connectivity index (χ1n) is 6.54. The predicted octanol–water partition coefficient (Wildman–Crippen LogP) is 1.91. The van der Waals surface area contributed by atoms with Gasteiger partial charge in [-0.15, -0.1) is 11.3 Å². The maximum Gasteiger partial charge on any atom is 0.0917 e. The maximum absolute atomic E-state index is 10.3. The van der Waals surface area contributed by atoms with E-state index < -0.39 is 5.60 Å². The molecular formula is C14H22N4OS. The molecule has 0 bridgehead atoms. The van der Waals surface area contributed by atoms with Crippen molar-refractivity contribution in [3.8, 4) is 0 Å². The molecule has 1 aromatic heterocycles. The minimum absolute atomic E-state index is 0.435. The van der Waals surface area contributed by atoms with Crippen LogP contribution in [0.3, 0.4) is 0 Å². The van der Waals surface area contributed by atoms with E-state index >= 15 is 0 Å². The number of benzene rings is 1. The molecule has 1 unspecified atom stereocenters. The van der Waals surface area contributed by atoms with E-state index in [9.17, 15) is 5.11 Å². The number of hydrogen-bond acceptors (Lipinski definition) is 6. The summed E-state index contributed by atoms with van der Waals surface area (Å²) in [6.45, 7) is 4.81. The molecule has 0 spiro atoms. The van der Waals surface area contributed by atoms with Crippen molar-refractivity contribution < 1.29 is 5.11 Å². The Morgan fingerprint density at radius 3 is 2.80 bits per heavy atom. The monoisotopic (exact) mass is 294 g/mol. The van der Waals surface area contributed by atoms with Gasteiger partial charge in [-0.2, -0.15) is 0 Å². The first-order valence-corrected chi connectivity index (χ1v) is 7.36. The molecule has 0 aliphatic rings. The van der Waals surface area contributed by atoms with Gasteiger partial charge in [0.05, 0.1) is 32.2 Å². The van der Waals surface area contributed by atoms with Crippen molar-refractivity contribution in [2.45, 2.75) is 19.4 Å². The molecule has 5 nitrogen and oxygen atoms in total. The van der Waals surface area contributed by atoms with Crippen molar-refractivity contribution in [1.29, 1.82) is 0 Å². The fourth-order valence-corrected chi connectivity index (χ4v) is 3.14. The molecule has 0 radical (unpaired) electrons. The van der Waals surface area contributed by atoms with Crippen LogP contribution in [0.4, 0.5) is 11.4 Å². The smallest absolute Gasteiger partial charge is 0.0917 e. The molecule has 1 heterocycles. The molecule has 0 saturated heterocycles. The standard InChI is InChI=1S/C14H22N4OS/c1-9-17-12-6-11(10(15)5-13(12)20-9)16-7-14(2,19)8-18(3)4/h5-6,16,19H,7-8,15H2,1-4H3. The number of nitrogens with two attached hydrogens (primary N) is 1. The van der Waals surface area contributed by atoms with Gasteiger partial charge in [0, 0.05) is 13.1 Å². The number of hydrogen-bond donors (Lipinski definition) is 3. The zero-order valence-corrected chi connectivity index (χ0v) is 13.2. The molecular weight excluding hydrogens is 272 g/mol. The van der Waals surface area contributed by atoms with E-state index in [4.69, 9.17) is 5.73 Å². The molecule has 0 amide bonds. The number of aromatic nitrogens is 1. The summed E-state index contributed by atoms with van der Waals surface area (Å²) in [6, 6.07) is 3.88. The molecule has 6 heteroatoms. The number of rotatable bonds is 5. The number of aliphatic hydroxyl groups is 1. The Balaban J connectivity index is 2.15. The molecule has 0 saturated carbocycles. The van der Waals surface area contributed by atoms with Crippen LogP contribution in [0.1, 0.15) is 11.9 Å². The second-order valence-electron chi connectivity index (χ2n) is 5.73. The van der Waals surface area contributed by atoms with Crippen molar-refractivity contribution in [2.75, 3.05) is 38.2 Å². The van der Waals surface area contributed by atoms with Crippen LogP contribution in [0, 0.1) is 6.92 Å². The molecule has 110 valence electrons. The number of nitrogens with one attached hydrogen (secondary N) is 1. The van der Waals surface area contributed by atoms with Crippen LogP contribution >= 0.6 is 11.3 Å². The Morgan fingerprint density at radius 1 is 1.45 bits per heavy atom. The third kappa shape index (κ3) is 3.59. The highest BCUT2D eigenvalue weighted by Crippen LogP contribution is 2.29. The van der Waals surface area contributed by atoms with Crippen molar-refractivity contribution in [1.82, 2.24) is 9.88 Å². The lowest BCUT2D eigenvalue weighted by Gasteiger charge is -2.27. The summed E-state index contributed by atoms with van der Waals surface area (Å²) < 4.78 is 1.09. The normalized spacial score (nSPS) is 14.7. The SMILES string of the molecule is Cc1nc2cc(NCC(C)(O)CN(C)C)c(N)cc2s1. The van der Waals surface area contributed by atoms with Crippen molar-refractivity contribution in [3.63, 3.8) is 0 Å². The highest BCUT2D eigenvalue weighted by molar-refractivity contribution is 7.18. The molecule has 20 heavy (non-hydrogen) atoms. The summed E-state index contributed by atoms with van der Waals surface area (Å²) in [5.41, 5.74) is 7.68. The van der Waals surface area contributed by atoms with Gasteiger partial charge in [0.1, 0.15) is 0 Å². The van der Waals surface area contributed by atoms with Crippen LogP contribution in [0.15, 0.2) is 12.1 Å². The third-order valence-electron chi connectivity index (χ3n) is 2.98. The van der Waals surface area contributed by atoms with Gasteiger partial charge < -0.3 is 21.1 Å². The van der Waals surface area contributed by atoms with Crippen LogP contribution in [-0.4, -0.2) is 47.8 Å². The average molecular weight is 294 g/mol. The van der Waals surface area contributed by atoms with E-state index in [2.05, 4.69) is 10.3 Å². The molecule has 2 aromatic rings. The summed E-state index contributed by atoms with van der Waals surface area (Å²) >= 11 is 1.63. The Morgan fingerprint density at radius 2 is 2.15 bits per heavy atom. The van der Waals surface area contributed by atoms with Crippen molar-refractivity contribution in [3.05, 3.63) is 17.1 Å². The molecule has 2 rings (SSSR count). The number of thiazole rings is 1. The minimum atomic E-state index is -0.817. The molecule has 1 atom stereocenters. The zero-order chi connectivity index (χ0) is 14.9. The summed E-state index contributed by atoms with van der Waals surface area (Å²) in [6.07, 6.45) is 0. The Bertz CT molecular complexity index is 606. The number of aryl methyl sites for hydroxylation is 1. The Hall–Kier alpha value is -1.37. The van der Waals surface area contributed by atoms with Crippen LogP contribution in [0.5, 0.6) is 0 Å². The van der Waals surface area contributed by atoms with Gasteiger partial charge in [0.2, 0.25) is 0 Å². The van der Waals surface area contributed by atoms with Crippen molar-refractivity contribution in [2.24, 2.45) is 0 Å². The second kappa shape index (κ2) is 5.55. The third-order valence-corrected chi connectivity index (χ3v) is 3.92. The van der Waals surface area contributed by atoms with E-state index in [1.54, 1.807) is 11.3 Å². The highest BCUT2D eigenvalue weighted by atomic mass is 32.1. The number of fused-ring (bicyclic) bond motifs is 1. The number of nitrogens with zero attached hydrogens (tertiary/aromatic N) is 2. The molecule has 0 fully saturated rings. The van der Waals surface area contributed by atoms with Crippen LogP contribution < -0.4 is 11.1 Å². The van der Waals surface area contributed by atoms with Crippen LogP contribution in [0.25, 0.3) is 10.2 Å². The molecule has 1 aromatic carbocycles. The van der Waals surface area contributed by atoms with Gasteiger partial charge in [-0.1, -0.05) is 0 Å². The topological polar surface area (TPSA) is 74.4 Å². The fourth-order valence-electron chi connectivity index (χ4n) is 2.28. The minimum Gasteiger partial charge on any atom is -0.397 e. The number of likely N-dealkylation sites (N-methyl/N-ethyl adjacent to an activating group) is 1. The van der Waals surface area contributed by atoms with Crippen molar-refractivity contribution >= 4 is 32.9 Å².